The van der Waals surface area contributed by atoms with Crippen molar-refractivity contribution in [1.82, 2.24) is 0 Å². The third-order valence-electron chi connectivity index (χ3n) is 4.03. The Morgan fingerprint density at radius 1 is 0.889 bits per heavy atom. The standard InChI is InChI=1S/C21H24O5S/c1-15(27(24,25)17-13-9-6-10-14-17)18(20(23)26-21(2,3)4)19(22)16-11-7-5-8-12-16/h5-15,18H,1-4H3/t15-,18+/m0/s1. The molecular formula is C21H24O5S. The SMILES string of the molecule is C[C@@H]([C@@H](C(=O)OC(C)(C)C)C(=O)c1ccccc1)S(=O)(=O)c1ccccc1. The highest BCUT2D eigenvalue weighted by Crippen LogP contribution is 2.27. The average molecular weight is 388 g/mol. The lowest BCUT2D eigenvalue weighted by molar-refractivity contribution is -0.158. The molecule has 0 aromatic heterocycles. The molecule has 0 saturated heterocycles. The Morgan fingerprint density at radius 2 is 1.37 bits per heavy atom. The Kier molecular flexibility index (Phi) is 6.21. The number of benzene rings is 2. The quantitative estimate of drug-likeness (QED) is 0.428. The van der Waals surface area contributed by atoms with E-state index in [0.29, 0.717) is 0 Å². The number of hydrogen-bond acceptors (Lipinski definition) is 5. The van der Waals surface area contributed by atoms with Crippen molar-refractivity contribution < 1.29 is 22.7 Å². The number of sulfone groups is 1. The fraction of sp³-hybridized carbons (Fsp3) is 0.333. The van der Waals surface area contributed by atoms with Gasteiger partial charge in [-0.2, -0.15) is 0 Å². The van der Waals surface area contributed by atoms with E-state index in [0.717, 1.165) is 0 Å². The van der Waals surface area contributed by atoms with Crippen LogP contribution in [-0.2, 0) is 19.4 Å². The van der Waals surface area contributed by atoms with Crippen molar-refractivity contribution in [2.24, 2.45) is 5.92 Å². The average Bonchev–Trinajstić information content (AvgIpc) is 2.61. The number of esters is 1. The zero-order valence-electron chi connectivity index (χ0n) is 15.9. The van der Waals surface area contributed by atoms with E-state index in [-0.39, 0.29) is 10.5 Å². The highest BCUT2D eigenvalue weighted by Gasteiger charge is 2.42. The van der Waals surface area contributed by atoms with E-state index in [9.17, 15) is 18.0 Å². The Bertz CT molecular complexity index is 897. The summed E-state index contributed by atoms with van der Waals surface area (Å²) in [5, 5.41) is -1.28. The van der Waals surface area contributed by atoms with Gasteiger partial charge in [0.2, 0.25) is 0 Å². The number of Topliss-reactive ketones (excluding diaryl/α,β-unsaturated/α-hetero) is 1. The van der Waals surface area contributed by atoms with Crippen LogP contribution in [0.3, 0.4) is 0 Å². The smallest absolute Gasteiger partial charge is 0.318 e. The van der Waals surface area contributed by atoms with Gasteiger partial charge in [0.1, 0.15) is 11.5 Å². The van der Waals surface area contributed by atoms with E-state index in [1.165, 1.54) is 19.1 Å². The summed E-state index contributed by atoms with van der Waals surface area (Å²) in [4.78, 5) is 25.9. The number of hydrogen-bond donors (Lipinski definition) is 0. The normalized spacial score (nSPS) is 14.2. The second-order valence-electron chi connectivity index (χ2n) is 7.30. The summed E-state index contributed by atoms with van der Waals surface area (Å²) in [7, 11) is -3.91. The summed E-state index contributed by atoms with van der Waals surface area (Å²) in [5.41, 5.74) is -0.578. The molecule has 0 saturated carbocycles. The molecule has 2 atom stereocenters. The third-order valence-corrected chi connectivity index (χ3v) is 6.21. The molecule has 0 aliphatic carbocycles. The van der Waals surface area contributed by atoms with Gasteiger partial charge in [-0.15, -0.1) is 0 Å². The number of ether oxygens (including phenoxy) is 1. The molecule has 0 spiro atoms. The van der Waals surface area contributed by atoms with Gasteiger partial charge in [-0.25, -0.2) is 8.42 Å². The second-order valence-corrected chi connectivity index (χ2v) is 9.61. The van der Waals surface area contributed by atoms with Gasteiger partial charge in [0.25, 0.3) is 0 Å². The fourth-order valence-electron chi connectivity index (χ4n) is 2.66. The van der Waals surface area contributed by atoms with Gasteiger partial charge in [0.15, 0.2) is 15.6 Å². The topological polar surface area (TPSA) is 77.5 Å². The van der Waals surface area contributed by atoms with Crippen LogP contribution in [0.5, 0.6) is 0 Å². The van der Waals surface area contributed by atoms with Crippen LogP contribution >= 0.6 is 0 Å². The Morgan fingerprint density at radius 3 is 1.85 bits per heavy atom. The van der Waals surface area contributed by atoms with Crippen LogP contribution in [0.1, 0.15) is 38.1 Å². The van der Waals surface area contributed by atoms with Crippen molar-refractivity contribution in [3.05, 3.63) is 66.2 Å². The monoisotopic (exact) mass is 388 g/mol. The highest BCUT2D eigenvalue weighted by atomic mass is 32.2. The van der Waals surface area contributed by atoms with E-state index in [1.807, 2.05) is 0 Å². The maximum atomic E-state index is 13.0. The second kappa shape index (κ2) is 8.05. The van der Waals surface area contributed by atoms with Gasteiger partial charge >= 0.3 is 5.97 Å². The third kappa shape index (κ3) is 5.04. The first-order valence-electron chi connectivity index (χ1n) is 8.65. The molecular weight excluding hydrogens is 364 g/mol. The first-order chi connectivity index (χ1) is 12.5. The molecule has 2 aromatic rings. The van der Waals surface area contributed by atoms with Crippen molar-refractivity contribution in [3.8, 4) is 0 Å². The van der Waals surface area contributed by atoms with Crippen LogP contribution in [0.25, 0.3) is 0 Å². The van der Waals surface area contributed by atoms with Crippen molar-refractivity contribution in [2.45, 2.75) is 43.4 Å². The van der Waals surface area contributed by atoms with E-state index in [4.69, 9.17) is 4.74 Å². The molecule has 5 nitrogen and oxygen atoms in total. The molecule has 0 aliphatic heterocycles. The van der Waals surface area contributed by atoms with Crippen LogP contribution in [0.15, 0.2) is 65.6 Å². The minimum absolute atomic E-state index is 0.0620. The Labute approximate surface area is 160 Å². The maximum absolute atomic E-state index is 13.0. The minimum atomic E-state index is -3.91. The fourth-order valence-corrected chi connectivity index (χ4v) is 4.22. The zero-order valence-corrected chi connectivity index (χ0v) is 16.7. The molecule has 2 aromatic carbocycles. The molecule has 0 N–H and O–H groups in total. The van der Waals surface area contributed by atoms with Gasteiger partial charge in [0.05, 0.1) is 10.1 Å². The molecule has 0 fully saturated rings. The molecule has 2 rings (SSSR count). The van der Waals surface area contributed by atoms with E-state index in [1.54, 1.807) is 69.3 Å². The van der Waals surface area contributed by atoms with Crippen molar-refractivity contribution in [3.63, 3.8) is 0 Å². The summed E-state index contributed by atoms with van der Waals surface area (Å²) in [6, 6.07) is 16.0. The lowest BCUT2D eigenvalue weighted by atomic mass is 9.94. The molecule has 0 aliphatic rings. The molecule has 6 heteroatoms. The van der Waals surface area contributed by atoms with Crippen LogP contribution in [0.2, 0.25) is 0 Å². The van der Waals surface area contributed by atoms with Crippen LogP contribution in [0.4, 0.5) is 0 Å². The van der Waals surface area contributed by atoms with Crippen molar-refractivity contribution >= 4 is 21.6 Å². The molecule has 0 bridgehead atoms. The summed E-state index contributed by atoms with van der Waals surface area (Å²) in [6.07, 6.45) is 0. The first-order valence-corrected chi connectivity index (χ1v) is 10.2. The van der Waals surface area contributed by atoms with Crippen molar-refractivity contribution in [2.75, 3.05) is 0 Å². The van der Waals surface area contributed by atoms with Crippen molar-refractivity contribution in [1.29, 1.82) is 0 Å². The number of carbonyl (C=O) groups excluding carboxylic acids is 2. The molecule has 144 valence electrons. The summed E-state index contributed by atoms with van der Waals surface area (Å²) in [6.45, 7) is 6.39. The number of carbonyl (C=O) groups is 2. The molecule has 0 radical (unpaired) electrons. The lowest BCUT2D eigenvalue weighted by Gasteiger charge is -2.26. The van der Waals surface area contributed by atoms with Crippen LogP contribution in [-0.4, -0.2) is 31.0 Å². The largest absolute Gasteiger partial charge is 0.459 e. The summed E-state index contributed by atoms with van der Waals surface area (Å²) < 4.78 is 31.4. The Hall–Kier alpha value is -2.47. The highest BCUT2D eigenvalue weighted by molar-refractivity contribution is 7.92. The van der Waals surface area contributed by atoms with E-state index >= 15 is 0 Å². The predicted octanol–water partition coefficient (Wildman–Crippen LogP) is 3.69. The zero-order chi connectivity index (χ0) is 20.2. The molecule has 0 heterocycles. The minimum Gasteiger partial charge on any atom is -0.459 e. The number of ketones is 1. The first kappa shape index (κ1) is 20.8. The molecule has 0 amide bonds. The van der Waals surface area contributed by atoms with Gasteiger partial charge in [0, 0.05) is 5.56 Å². The number of rotatable bonds is 6. The van der Waals surface area contributed by atoms with Crippen LogP contribution < -0.4 is 0 Å². The van der Waals surface area contributed by atoms with Gasteiger partial charge in [-0.05, 0) is 39.8 Å². The van der Waals surface area contributed by atoms with E-state index < -0.39 is 38.4 Å². The molecule has 0 unspecified atom stereocenters. The Balaban J connectivity index is 2.48. The summed E-state index contributed by atoms with van der Waals surface area (Å²) in [5.74, 6) is -2.88. The van der Waals surface area contributed by atoms with Crippen LogP contribution in [0, 0.1) is 5.92 Å². The van der Waals surface area contributed by atoms with Gasteiger partial charge < -0.3 is 4.74 Å². The van der Waals surface area contributed by atoms with E-state index in [2.05, 4.69) is 0 Å². The van der Waals surface area contributed by atoms with Gasteiger partial charge in [-0.3, -0.25) is 9.59 Å². The maximum Gasteiger partial charge on any atom is 0.318 e. The van der Waals surface area contributed by atoms with Gasteiger partial charge in [-0.1, -0.05) is 48.5 Å². The lowest BCUT2D eigenvalue weighted by Crippen LogP contribution is -2.42. The summed E-state index contributed by atoms with van der Waals surface area (Å²) >= 11 is 0. The molecule has 27 heavy (non-hydrogen) atoms. The predicted molar refractivity (Wildman–Crippen MR) is 103 cm³/mol.